The van der Waals surface area contributed by atoms with Crippen molar-refractivity contribution in [3.8, 4) is 22.9 Å². The highest BCUT2D eigenvalue weighted by atomic mass is 32.2. The molecule has 0 saturated carbocycles. The lowest BCUT2D eigenvalue weighted by Crippen LogP contribution is -2.55. The van der Waals surface area contributed by atoms with Gasteiger partial charge in [-0.2, -0.15) is 21.8 Å². The normalized spacial score (nSPS) is 14.0. The van der Waals surface area contributed by atoms with E-state index in [-0.39, 0.29) is 123 Å². The average molecular weight is 1300 g/mol. The van der Waals surface area contributed by atoms with E-state index in [9.17, 15) is 51.4 Å². The number of carbonyl (C=O) groups excluding carboxylic acids is 2. The fourth-order valence-electron chi connectivity index (χ4n) is 9.58. The second kappa shape index (κ2) is 33.4. The molecule has 0 radical (unpaired) electrons. The van der Waals surface area contributed by atoms with Gasteiger partial charge in [0.2, 0.25) is 31.8 Å². The van der Waals surface area contributed by atoms with Crippen molar-refractivity contribution in [1.82, 2.24) is 28.8 Å². The topological polar surface area (TPSA) is 304 Å². The lowest BCUT2D eigenvalue weighted by molar-refractivity contribution is -0.388. The molecule has 31 heteroatoms. The molecule has 1 aliphatic rings. The number of benzene rings is 3. The molecule has 5 aromatic rings. The van der Waals surface area contributed by atoms with Crippen molar-refractivity contribution in [3.63, 3.8) is 0 Å². The van der Waals surface area contributed by atoms with E-state index < -0.39 is 112 Å². The predicted molar refractivity (Wildman–Crippen MR) is 323 cm³/mol. The SMILES string of the molecule is CCOc1ccc(C(=O)N2CCN(c3ccc(-c4cccnc4OCC)cc3CN(CCN(CCCOCCOCCOCCOCCNC(=O)OC(C)(C)C)S(=O)(=O)c3ccccc3[N+](=O)[O-])S(=O)(=O)c3ccccc3[N+](=O)[O-])[C@H](CC)C2)c(C(F)(F)F)n1. The summed E-state index contributed by atoms with van der Waals surface area (Å²) in [5, 5.41) is 27.5. The van der Waals surface area contributed by atoms with Gasteiger partial charge in [0.1, 0.15) is 5.60 Å². The first kappa shape index (κ1) is 71.4. The number of sulfonamides is 2. The van der Waals surface area contributed by atoms with E-state index in [1.807, 2.05) is 4.90 Å². The maximum absolute atomic E-state index is 15.3. The van der Waals surface area contributed by atoms with E-state index in [4.69, 9.17) is 33.2 Å². The fraction of sp³-hybridized carbons (Fsp3) is 0.492. The second-order valence-corrected chi connectivity index (χ2v) is 24.9. The number of hydrogen-bond donors (Lipinski definition) is 1. The number of rotatable bonds is 35. The number of nitro benzene ring substituents is 2. The monoisotopic (exact) mass is 1300 g/mol. The number of ether oxygens (including phenoxy) is 7. The van der Waals surface area contributed by atoms with E-state index in [0.717, 1.165) is 38.9 Å². The highest BCUT2D eigenvalue weighted by Gasteiger charge is 2.41. The van der Waals surface area contributed by atoms with Crippen molar-refractivity contribution in [2.45, 2.75) is 88.5 Å². The minimum atomic E-state index is -5.02. The summed E-state index contributed by atoms with van der Waals surface area (Å²) in [6, 6.07) is 19.3. The number of pyridine rings is 2. The third-order valence-electron chi connectivity index (χ3n) is 13.7. The van der Waals surface area contributed by atoms with Crippen molar-refractivity contribution >= 4 is 49.1 Å². The van der Waals surface area contributed by atoms with E-state index in [1.165, 1.54) is 41.4 Å². The van der Waals surface area contributed by atoms with Gasteiger partial charge in [0.25, 0.3) is 17.3 Å². The van der Waals surface area contributed by atoms with Crippen molar-refractivity contribution in [1.29, 1.82) is 0 Å². The van der Waals surface area contributed by atoms with Crippen LogP contribution in [0, 0.1) is 20.2 Å². The van der Waals surface area contributed by atoms with E-state index in [2.05, 4.69) is 15.3 Å². The molecule has 0 bridgehead atoms. The van der Waals surface area contributed by atoms with E-state index in [0.29, 0.717) is 23.2 Å². The number of piperazine rings is 1. The zero-order chi connectivity index (χ0) is 65.7. The molecule has 1 atom stereocenters. The van der Waals surface area contributed by atoms with Crippen molar-refractivity contribution in [3.05, 3.63) is 134 Å². The Hall–Kier alpha value is -7.65. The Kier molecular flexibility index (Phi) is 26.5. The number of alkyl halides is 3. The van der Waals surface area contributed by atoms with Gasteiger partial charge in [-0.25, -0.2) is 31.6 Å². The van der Waals surface area contributed by atoms with Crippen LogP contribution in [0.25, 0.3) is 11.1 Å². The van der Waals surface area contributed by atoms with E-state index in [1.54, 1.807) is 71.9 Å². The molecule has 2 amide bonds. The van der Waals surface area contributed by atoms with Gasteiger partial charge in [-0.05, 0) is 101 Å². The van der Waals surface area contributed by atoms with Crippen molar-refractivity contribution in [2.24, 2.45) is 0 Å². The Balaban J connectivity index is 1.27. The van der Waals surface area contributed by atoms with Crippen LogP contribution in [-0.2, 0) is 56.5 Å². The Morgan fingerprint density at radius 1 is 0.711 bits per heavy atom. The number of nitro groups is 2. The first-order valence-electron chi connectivity index (χ1n) is 29.0. The summed E-state index contributed by atoms with van der Waals surface area (Å²) in [7, 11) is -9.86. The summed E-state index contributed by atoms with van der Waals surface area (Å²) in [5.74, 6) is -1.02. The molecule has 492 valence electrons. The lowest BCUT2D eigenvalue weighted by atomic mass is 9.99. The van der Waals surface area contributed by atoms with Gasteiger partial charge in [0.15, 0.2) is 15.5 Å². The van der Waals surface area contributed by atoms with Crippen LogP contribution in [0.1, 0.15) is 76.0 Å². The minimum Gasteiger partial charge on any atom is -0.478 e. The third-order valence-corrected chi connectivity index (χ3v) is 17.5. The zero-order valence-corrected chi connectivity index (χ0v) is 52.6. The maximum atomic E-state index is 15.3. The smallest absolute Gasteiger partial charge is 0.434 e. The Morgan fingerprint density at radius 2 is 1.29 bits per heavy atom. The minimum absolute atomic E-state index is 0.00780. The first-order chi connectivity index (χ1) is 42.8. The molecule has 1 saturated heterocycles. The number of nitrogens with zero attached hydrogens (tertiary/aromatic N) is 8. The van der Waals surface area contributed by atoms with Crippen LogP contribution < -0.4 is 19.7 Å². The van der Waals surface area contributed by atoms with Gasteiger partial charge in [-0.15, -0.1) is 0 Å². The molecule has 3 heterocycles. The molecule has 3 aromatic carbocycles. The highest BCUT2D eigenvalue weighted by Crippen LogP contribution is 2.38. The number of para-hydroxylation sites is 2. The predicted octanol–water partition coefficient (Wildman–Crippen LogP) is 8.38. The molecule has 6 rings (SSSR count). The molecule has 0 spiro atoms. The number of aromatic nitrogens is 2. The highest BCUT2D eigenvalue weighted by molar-refractivity contribution is 7.89. The summed E-state index contributed by atoms with van der Waals surface area (Å²) in [6.07, 6.45) is -3.74. The summed E-state index contributed by atoms with van der Waals surface area (Å²) < 4.78 is 144. The number of alkyl carbamates (subject to hydrolysis) is 1. The lowest BCUT2D eigenvalue weighted by Gasteiger charge is -2.43. The molecule has 1 aliphatic heterocycles. The molecule has 0 aliphatic carbocycles. The average Bonchev–Trinajstić information content (AvgIpc) is 0.827. The number of carbonyl (C=O) groups is 2. The fourth-order valence-corrected chi connectivity index (χ4v) is 12.8. The quantitative estimate of drug-likeness (QED) is 0.0226. The van der Waals surface area contributed by atoms with Crippen LogP contribution in [0.3, 0.4) is 0 Å². The van der Waals surface area contributed by atoms with Crippen LogP contribution in [-0.4, -0.2) is 186 Å². The number of anilines is 1. The zero-order valence-electron chi connectivity index (χ0n) is 50.9. The Morgan fingerprint density at radius 3 is 1.87 bits per heavy atom. The van der Waals surface area contributed by atoms with Gasteiger partial charge in [-0.1, -0.05) is 37.3 Å². The second-order valence-electron chi connectivity index (χ2n) is 21.0. The third kappa shape index (κ3) is 19.9. The number of amides is 2. The molecule has 2 aromatic heterocycles. The number of halogens is 3. The Bertz CT molecular complexity index is 3450. The largest absolute Gasteiger partial charge is 0.478 e. The van der Waals surface area contributed by atoms with Crippen molar-refractivity contribution < 1.29 is 82.6 Å². The summed E-state index contributed by atoms with van der Waals surface area (Å²) >= 11 is 0. The molecule has 1 N–H and O–H groups in total. The molecule has 90 heavy (non-hydrogen) atoms. The maximum Gasteiger partial charge on any atom is 0.434 e. The number of hydrogen-bond acceptors (Lipinski definition) is 20. The van der Waals surface area contributed by atoms with Gasteiger partial charge >= 0.3 is 12.3 Å². The molecule has 1 fully saturated rings. The Labute approximate surface area is 520 Å². The van der Waals surface area contributed by atoms with Crippen LogP contribution in [0.5, 0.6) is 11.8 Å². The number of nitrogens with one attached hydrogen (secondary N) is 1. The van der Waals surface area contributed by atoms with Crippen LogP contribution >= 0.6 is 0 Å². The van der Waals surface area contributed by atoms with Crippen LogP contribution in [0.4, 0.5) is 35.0 Å². The summed E-state index contributed by atoms with van der Waals surface area (Å²) in [4.78, 5) is 58.8. The van der Waals surface area contributed by atoms with E-state index >= 15 is 8.42 Å². The molecular formula is C59H76F3N9O17S2. The van der Waals surface area contributed by atoms with Crippen molar-refractivity contribution in [2.75, 3.05) is 117 Å². The standard InChI is InChI=1S/C59H76F3N9O17S2/c1-7-45-42-66(56(72)47-22-24-53(86-8-2)65-54(47)59(60,61)62)28-31-69(45)48-23-21-43(46-16-14-25-63-55(46)87-9-3)40-44(48)41-68(90(80,81)52-20-13-11-18-50(52)71(76)77)30-29-67(89(78,79)51-19-12-10-17-49(51)70(74)75)27-15-32-82-34-36-84-38-39-85-37-35-83-33-26-64-57(73)88-58(4,5)6/h10-14,16-25,40,45H,7-9,15,26-39,41-42H2,1-6H3,(H,64,73)/t45-/m1/s1. The molecular weight excluding hydrogens is 1230 g/mol. The van der Waals surface area contributed by atoms with Gasteiger partial charge in [0, 0.05) is 101 Å². The summed E-state index contributed by atoms with van der Waals surface area (Å²) in [6.45, 7) is 9.76. The van der Waals surface area contributed by atoms with Gasteiger partial charge in [-0.3, -0.25) is 25.0 Å². The van der Waals surface area contributed by atoms with Crippen LogP contribution in [0.2, 0.25) is 0 Å². The first-order valence-corrected chi connectivity index (χ1v) is 31.9. The van der Waals surface area contributed by atoms with Gasteiger partial charge < -0.3 is 48.3 Å². The van der Waals surface area contributed by atoms with Crippen LogP contribution in [0.15, 0.2) is 107 Å². The van der Waals surface area contributed by atoms with Gasteiger partial charge in [0.05, 0.1) is 74.9 Å². The molecule has 26 nitrogen and oxygen atoms in total. The molecule has 0 unspecified atom stereocenters. The summed E-state index contributed by atoms with van der Waals surface area (Å²) in [5.41, 5.74) is -2.65.